The first kappa shape index (κ1) is 16.7. The molecule has 0 atom stereocenters. The molecule has 0 spiro atoms. The van der Waals surface area contributed by atoms with Crippen molar-refractivity contribution in [1.82, 2.24) is 9.21 Å². The van der Waals surface area contributed by atoms with E-state index in [-0.39, 0.29) is 5.91 Å². The number of carbonyl (C=O) groups is 1. The van der Waals surface area contributed by atoms with Crippen LogP contribution in [0.2, 0.25) is 0 Å². The minimum absolute atomic E-state index is 0.0459. The van der Waals surface area contributed by atoms with E-state index in [9.17, 15) is 13.2 Å². The summed E-state index contributed by atoms with van der Waals surface area (Å²) in [5, 5.41) is 0. The number of rotatable bonds is 3. The highest BCUT2D eigenvalue weighted by Gasteiger charge is 2.30. The molecule has 0 unspecified atom stereocenters. The molecule has 3 rings (SSSR count). The van der Waals surface area contributed by atoms with Gasteiger partial charge >= 0.3 is 0 Å². The number of piperazine rings is 1. The zero-order chi connectivity index (χ0) is 17.2. The zero-order valence-electron chi connectivity index (χ0n) is 13.6. The molecule has 1 aliphatic heterocycles. The van der Waals surface area contributed by atoms with Crippen molar-refractivity contribution in [2.24, 2.45) is 0 Å². The third kappa shape index (κ3) is 3.34. The Morgan fingerprint density at radius 2 is 1.58 bits per heavy atom. The Morgan fingerprint density at radius 1 is 0.917 bits per heavy atom. The van der Waals surface area contributed by atoms with Crippen LogP contribution >= 0.6 is 0 Å². The van der Waals surface area contributed by atoms with Crippen molar-refractivity contribution in [3.05, 3.63) is 65.7 Å². The fourth-order valence-electron chi connectivity index (χ4n) is 2.83. The third-order valence-electron chi connectivity index (χ3n) is 4.17. The van der Waals surface area contributed by atoms with Crippen LogP contribution in [0.5, 0.6) is 0 Å². The standard InChI is InChI=1S/C18H20N2O3S/c1-15-6-5-7-16(14-15)18(21)19-10-12-20(13-11-19)24(22,23)17-8-3-2-4-9-17/h2-9,14H,10-13H2,1H3. The van der Waals surface area contributed by atoms with Crippen molar-refractivity contribution in [3.63, 3.8) is 0 Å². The number of sulfonamides is 1. The summed E-state index contributed by atoms with van der Waals surface area (Å²) < 4.78 is 26.6. The summed E-state index contributed by atoms with van der Waals surface area (Å²) >= 11 is 0. The summed E-state index contributed by atoms with van der Waals surface area (Å²) in [6.45, 7) is 3.38. The second kappa shape index (κ2) is 6.75. The van der Waals surface area contributed by atoms with Gasteiger partial charge in [-0.3, -0.25) is 4.79 Å². The van der Waals surface area contributed by atoms with E-state index in [1.54, 1.807) is 41.3 Å². The van der Waals surface area contributed by atoms with Crippen LogP contribution in [0.15, 0.2) is 59.5 Å². The van der Waals surface area contributed by atoms with E-state index in [4.69, 9.17) is 0 Å². The maximum Gasteiger partial charge on any atom is 0.253 e. The molecule has 0 radical (unpaired) electrons. The van der Waals surface area contributed by atoms with Gasteiger partial charge < -0.3 is 4.90 Å². The van der Waals surface area contributed by atoms with Gasteiger partial charge in [-0.15, -0.1) is 0 Å². The predicted octanol–water partition coefficient (Wildman–Crippen LogP) is 2.14. The molecule has 6 heteroatoms. The van der Waals surface area contributed by atoms with Gasteiger partial charge in [-0.05, 0) is 31.2 Å². The zero-order valence-corrected chi connectivity index (χ0v) is 14.4. The molecule has 1 aliphatic rings. The Bertz CT molecular complexity index is 826. The van der Waals surface area contributed by atoms with Gasteiger partial charge in [0.15, 0.2) is 0 Å². The van der Waals surface area contributed by atoms with Crippen LogP contribution in [0, 0.1) is 6.92 Å². The lowest BCUT2D eigenvalue weighted by molar-refractivity contribution is 0.0698. The Kier molecular flexibility index (Phi) is 4.69. The number of benzene rings is 2. The molecule has 126 valence electrons. The van der Waals surface area contributed by atoms with E-state index in [1.807, 2.05) is 25.1 Å². The highest BCUT2D eigenvalue weighted by molar-refractivity contribution is 7.89. The molecular formula is C18H20N2O3S. The van der Waals surface area contributed by atoms with Crippen LogP contribution in [0.25, 0.3) is 0 Å². The van der Waals surface area contributed by atoms with Gasteiger partial charge in [-0.1, -0.05) is 35.9 Å². The highest BCUT2D eigenvalue weighted by atomic mass is 32.2. The second-order valence-corrected chi connectivity index (χ2v) is 7.82. The Morgan fingerprint density at radius 3 is 2.21 bits per heavy atom. The average Bonchev–Trinajstić information content (AvgIpc) is 2.62. The van der Waals surface area contributed by atoms with Gasteiger partial charge in [0.1, 0.15) is 0 Å². The largest absolute Gasteiger partial charge is 0.336 e. The lowest BCUT2D eigenvalue weighted by atomic mass is 10.1. The lowest BCUT2D eigenvalue weighted by Crippen LogP contribution is -2.50. The summed E-state index contributed by atoms with van der Waals surface area (Å²) in [5.41, 5.74) is 1.68. The maximum atomic E-state index is 12.6. The third-order valence-corrected chi connectivity index (χ3v) is 6.08. The number of carbonyl (C=O) groups excluding carboxylic acids is 1. The Labute approximate surface area is 142 Å². The number of hydrogen-bond donors (Lipinski definition) is 0. The first-order valence-electron chi connectivity index (χ1n) is 7.89. The molecule has 24 heavy (non-hydrogen) atoms. The van der Waals surface area contributed by atoms with Gasteiger partial charge in [0, 0.05) is 31.7 Å². The minimum Gasteiger partial charge on any atom is -0.336 e. The molecule has 0 N–H and O–H groups in total. The Balaban J connectivity index is 1.69. The van der Waals surface area contributed by atoms with Crippen LogP contribution in [0.3, 0.4) is 0 Å². The van der Waals surface area contributed by atoms with E-state index in [0.29, 0.717) is 36.6 Å². The van der Waals surface area contributed by atoms with Crippen molar-refractivity contribution in [3.8, 4) is 0 Å². The quantitative estimate of drug-likeness (QED) is 0.857. The molecule has 1 amide bonds. The SMILES string of the molecule is Cc1cccc(C(=O)N2CCN(S(=O)(=O)c3ccccc3)CC2)c1. The van der Waals surface area contributed by atoms with Crippen LogP contribution < -0.4 is 0 Å². The lowest BCUT2D eigenvalue weighted by Gasteiger charge is -2.34. The maximum absolute atomic E-state index is 12.6. The fraction of sp³-hybridized carbons (Fsp3) is 0.278. The smallest absolute Gasteiger partial charge is 0.253 e. The topological polar surface area (TPSA) is 57.7 Å². The molecule has 0 aliphatic carbocycles. The van der Waals surface area contributed by atoms with Gasteiger partial charge in [0.2, 0.25) is 10.0 Å². The first-order chi connectivity index (χ1) is 11.5. The van der Waals surface area contributed by atoms with Gasteiger partial charge in [0.25, 0.3) is 5.91 Å². The molecule has 1 saturated heterocycles. The molecule has 2 aromatic rings. The summed E-state index contributed by atoms with van der Waals surface area (Å²) in [7, 11) is -3.49. The summed E-state index contributed by atoms with van der Waals surface area (Å²) in [6.07, 6.45) is 0. The first-order valence-corrected chi connectivity index (χ1v) is 9.33. The van der Waals surface area contributed by atoms with E-state index in [1.165, 1.54) is 4.31 Å². The monoisotopic (exact) mass is 344 g/mol. The number of amides is 1. The van der Waals surface area contributed by atoms with Crippen LogP contribution in [-0.4, -0.2) is 49.7 Å². The number of nitrogens with zero attached hydrogens (tertiary/aromatic N) is 2. The van der Waals surface area contributed by atoms with Crippen LogP contribution in [0.4, 0.5) is 0 Å². The molecule has 1 fully saturated rings. The molecule has 1 heterocycles. The summed E-state index contributed by atoms with van der Waals surface area (Å²) in [6, 6.07) is 15.9. The molecular weight excluding hydrogens is 324 g/mol. The van der Waals surface area contributed by atoms with Crippen molar-refractivity contribution >= 4 is 15.9 Å². The van der Waals surface area contributed by atoms with E-state index >= 15 is 0 Å². The van der Waals surface area contributed by atoms with Gasteiger partial charge in [-0.25, -0.2) is 8.42 Å². The molecule has 0 bridgehead atoms. The van der Waals surface area contributed by atoms with E-state index in [0.717, 1.165) is 5.56 Å². The van der Waals surface area contributed by atoms with Gasteiger partial charge in [-0.2, -0.15) is 4.31 Å². The predicted molar refractivity (Wildman–Crippen MR) is 92.3 cm³/mol. The Hall–Kier alpha value is -2.18. The minimum atomic E-state index is -3.49. The number of hydrogen-bond acceptors (Lipinski definition) is 3. The second-order valence-electron chi connectivity index (χ2n) is 5.88. The molecule has 2 aromatic carbocycles. The summed E-state index contributed by atoms with van der Waals surface area (Å²) in [4.78, 5) is 14.5. The molecule has 0 saturated carbocycles. The van der Waals surface area contributed by atoms with Crippen molar-refractivity contribution in [1.29, 1.82) is 0 Å². The van der Waals surface area contributed by atoms with Crippen molar-refractivity contribution < 1.29 is 13.2 Å². The van der Waals surface area contributed by atoms with Crippen LogP contribution in [0.1, 0.15) is 15.9 Å². The number of aryl methyl sites for hydroxylation is 1. The molecule has 5 nitrogen and oxygen atoms in total. The summed E-state index contributed by atoms with van der Waals surface area (Å²) in [5.74, 6) is -0.0459. The van der Waals surface area contributed by atoms with E-state index < -0.39 is 10.0 Å². The average molecular weight is 344 g/mol. The normalized spacial score (nSPS) is 16.1. The van der Waals surface area contributed by atoms with Crippen LogP contribution in [-0.2, 0) is 10.0 Å². The fourth-order valence-corrected chi connectivity index (χ4v) is 4.28. The highest BCUT2D eigenvalue weighted by Crippen LogP contribution is 2.18. The van der Waals surface area contributed by atoms with Crippen molar-refractivity contribution in [2.45, 2.75) is 11.8 Å². The van der Waals surface area contributed by atoms with Gasteiger partial charge in [0.05, 0.1) is 4.90 Å². The van der Waals surface area contributed by atoms with Crippen molar-refractivity contribution in [2.75, 3.05) is 26.2 Å². The van der Waals surface area contributed by atoms with E-state index in [2.05, 4.69) is 0 Å². The molecule has 0 aromatic heterocycles.